The van der Waals surface area contributed by atoms with Gasteiger partial charge < -0.3 is 5.32 Å². The smallest absolute Gasteiger partial charge is 0.278 e. The first-order chi connectivity index (χ1) is 9.74. The van der Waals surface area contributed by atoms with Crippen molar-refractivity contribution in [2.24, 2.45) is 0 Å². The van der Waals surface area contributed by atoms with Crippen molar-refractivity contribution >= 4 is 11.7 Å². The molecule has 0 bridgehead atoms. The normalized spacial score (nSPS) is 15.4. The van der Waals surface area contributed by atoms with Gasteiger partial charge in [-0.2, -0.15) is 5.10 Å². The van der Waals surface area contributed by atoms with Gasteiger partial charge in [0.25, 0.3) is 5.91 Å². The summed E-state index contributed by atoms with van der Waals surface area (Å²) in [7, 11) is 0. The minimum atomic E-state index is -0.642. The molecule has 0 aromatic carbocycles. The second-order valence-electron chi connectivity index (χ2n) is 4.98. The fraction of sp³-hybridized carbons (Fsp3) is 0.357. The number of aromatic nitrogens is 3. The summed E-state index contributed by atoms with van der Waals surface area (Å²) in [6.45, 7) is 0. The molecule has 0 aliphatic heterocycles. The van der Waals surface area contributed by atoms with Gasteiger partial charge >= 0.3 is 0 Å². The van der Waals surface area contributed by atoms with Gasteiger partial charge in [-0.25, -0.2) is 9.37 Å². The topological polar surface area (TPSA) is 70.7 Å². The van der Waals surface area contributed by atoms with Crippen LogP contribution in [0, 0.1) is 5.82 Å². The van der Waals surface area contributed by atoms with E-state index in [2.05, 4.69) is 20.5 Å². The predicted octanol–water partition coefficient (Wildman–Crippen LogP) is 2.85. The number of H-pyrrole nitrogens is 1. The number of carbonyl (C=O) groups excluding carboxylic acids is 1. The fourth-order valence-electron chi connectivity index (χ4n) is 2.57. The van der Waals surface area contributed by atoms with E-state index < -0.39 is 11.7 Å². The second-order valence-corrected chi connectivity index (χ2v) is 4.98. The number of rotatable bonds is 3. The molecule has 1 amide bonds. The molecule has 3 rings (SSSR count). The third-order valence-corrected chi connectivity index (χ3v) is 3.61. The van der Waals surface area contributed by atoms with Crippen LogP contribution in [-0.2, 0) is 0 Å². The van der Waals surface area contributed by atoms with E-state index in [1.54, 1.807) is 0 Å². The molecule has 2 aromatic heterocycles. The van der Waals surface area contributed by atoms with E-state index in [4.69, 9.17) is 0 Å². The maximum atomic E-state index is 13.4. The van der Waals surface area contributed by atoms with Gasteiger partial charge in [0.2, 0.25) is 0 Å². The van der Waals surface area contributed by atoms with Crippen molar-refractivity contribution in [2.75, 3.05) is 5.32 Å². The van der Waals surface area contributed by atoms with E-state index in [0.29, 0.717) is 11.7 Å². The lowest BCUT2D eigenvalue weighted by atomic mass is 10.0. The van der Waals surface area contributed by atoms with Gasteiger partial charge in [-0.1, -0.05) is 12.8 Å². The maximum absolute atomic E-state index is 13.4. The van der Waals surface area contributed by atoms with Crippen LogP contribution in [0.2, 0.25) is 0 Å². The molecule has 6 heteroatoms. The van der Waals surface area contributed by atoms with Crippen LogP contribution < -0.4 is 5.32 Å². The SMILES string of the molecule is O=C(Nc1cc(C2CCCC2)[nH]n1)c1ncccc1F. The van der Waals surface area contributed by atoms with Crippen molar-refractivity contribution < 1.29 is 9.18 Å². The summed E-state index contributed by atoms with van der Waals surface area (Å²) in [4.78, 5) is 15.6. The Morgan fingerprint density at radius 2 is 2.20 bits per heavy atom. The molecular weight excluding hydrogens is 259 g/mol. The molecular formula is C14H15FN4O. The molecule has 0 unspecified atom stereocenters. The van der Waals surface area contributed by atoms with Crippen molar-refractivity contribution in [1.82, 2.24) is 15.2 Å². The Morgan fingerprint density at radius 3 is 2.95 bits per heavy atom. The van der Waals surface area contributed by atoms with Crippen LogP contribution in [0.15, 0.2) is 24.4 Å². The number of carbonyl (C=O) groups is 1. The monoisotopic (exact) mass is 274 g/mol. The van der Waals surface area contributed by atoms with E-state index in [-0.39, 0.29) is 5.69 Å². The van der Waals surface area contributed by atoms with Crippen molar-refractivity contribution in [3.8, 4) is 0 Å². The number of halogens is 1. The minimum absolute atomic E-state index is 0.224. The Hall–Kier alpha value is -2.24. The van der Waals surface area contributed by atoms with Gasteiger partial charge in [-0.15, -0.1) is 0 Å². The summed E-state index contributed by atoms with van der Waals surface area (Å²) >= 11 is 0. The van der Waals surface area contributed by atoms with Gasteiger partial charge in [-0.3, -0.25) is 9.89 Å². The van der Waals surface area contributed by atoms with Crippen molar-refractivity contribution in [2.45, 2.75) is 31.6 Å². The van der Waals surface area contributed by atoms with Gasteiger partial charge in [0, 0.05) is 23.9 Å². The molecule has 1 aliphatic carbocycles. The Morgan fingerprint density at radius 1 is 1.40 bits per heavy atom. The standard InChI is InChI=1S/C14H15FN4O/c15-10-6-3-7-16-13(10)14(20)17-12-8-11(18-19-12)9-4-1-2-5-9/h3,6-9H,1-2,4-5H2,(H2,17,18,19,20). The molecule has 2 heterocycles. The first-order valence-corrected chi connectivity index (χ1v) is 6.71. The van der Waals surface area contributed by atoms with Gasteiger partial charge in [0.05, 0.1) is 0 Å². The number of aromatic amines is 1. The molecule has 1 aliphatic rings. The van der Waals surface area contributed by atoms with E-state index in [9.17, 15) is 9.18 Å². The zero-order chi connectivity index (χ0) is 13.9. The summed E-state index contributed by atoms with van der Waals surface area (Å²) in [5.41, 5.74) is 0.803. The molecule has 0 spiro atoms. The number of hydrogen-bond acceptors (Lipinski definition) is 3. The number of amides is 1. The number of nitrogens with one attached hydrogen (secondary N) is 2. The Bertz CT molecular complexity index is 619. The average molecular weight is 274 g/mol. The van der Waals surface area contributed by atoms with Gasteiger partial charge in [0.1, 0.15) is 0 Å². The van der Waals surface area contributed by atoms with Gasteiger partial charge in [-0.05, 0) is 25.0 Å². The van der Waals surface area contributed by atoms with Crippen LogP contribution in [-0.4, -0.2) is 21.1 Å². The summed E-state index contributed by atoms with van der Waals surface area (Å²) in [6, 6.07) is 4.46. The number of hydrogen-bond donors (Lipinski definition) is 2. The van der Waals surface area contributed by atoms with E-state index in [1.807, 2.05) is 6.07 Å². The zero-order valence-electron chi connectivity index (χ0n) is 10.9. The van der Waals surface area contributed by atoms with Crippen molar-refractivity contribution in [3.05, 3.63) is 41.6 Å². The first kappa shape index (κ1) is 12.8. The summed E-state index contributed by atoms with van der Waals surface area (Å²) < 4.78 is 13.4. The quantitative estimate of drug-likeness (QED) is 0.904. The molecule has 0 radical (unpaired) electrons. The van der Waals surface area contributed by atoms with Crippen LogP contribution in [0.4, 0.5) is 10.2 Å². The fourth-order valence-corrected chi connectivity index (χ4v) is 2.57. The minimum Gasteiger partial charge on any atom is -0.304 e. The molecule has 1 saturated carbocycles. The third-order valence-electron chi connectivity index (χ3n) is 3.61. The highest BCUT2D eigenvalue weighted by Gasteiger charge is 2.20. The highest BCUT2D eigenvalue weighted by Crippen LogP contribution is 2.33. The Labute approximate surface area is 115 Å². The van der Waals surface area contributed by atoms with E-state index >= 15 is 0 Å². The molecule has 1 fully saturated rings. The van der Waals surface area contributed by atoms with Crippen LogP contribution in [0.1, 0.15) is 47.8 Å². The number of anilines is 1. The summed E-state index contributed by atoms with van der Waals surface area (Å²) in [5.74, 6) is -0.342. The molecule has 0 atom stereocenters. The highest BCUT2D eigenvalue weighted by atomic mass is 19.1. The zero-order valence-corrected chi connectivity index (χ0v) is 10.9. The molecule has 20 heavy (non-hydrogen) atoms. The van der Waals surface area contributed by atoms with Crippen LogP contribution >= 0.6 is 0 Å². The van der Waals surface area contributed by atoms with Gasteiger partial charge in [0.15, 0.2) is 17.3 Å². The number of nitrogens with zero attached hydrogens (tertiary/aromatic N) is 2. The average Bonchev–Trinajstić information content (AvgIpc) is 3.09. The Balaban J connectivity index is 1.72. The van der Waals surface area contributed by atoms with Crippen molar-refractivity contribution in [1.29, 1.82) is 0 Å². The largest absolute Gasteiger partial charge is 0.304 e. The lowest BCUT2D eigenvalue weighted by Gasteiger charge is -2.03. The molecule has 104 valence electrons. The van der Waals surface area contributed by atoms with Crippen LogP contribution in [0.3, 0.4) is 0 Å². The van der Waals surface area contributed by atoms with E-state index in [0.717, 1.165) is 18.5 Å². The van der Waals surface area contributed by atoms with Crippen LogP contribution in [0.25, 0.3) is 0 Å². The van der Waals surface area contributed by atoms with Crippen molar-refractivity contribution in [3.63, 3.8) is 0 Å². The lowest BCUT2D eigenvalue weighted by molar-refractivity contribution is 0.101. The molecule has 0 saturated heterocycles. The number of pyridine rings is 1. The van der Waals surface area contributed by atoms with Crippen LogP contribution in [0.5, 0.6) is 0 Å². The second kappa shape index (κ2) is 5.40. The highest BCUT2D eigenvalue weighted by molar-refractivity contribution is 6.02. The maximum Gasteiger partial charge on any atom is 0.278 e. The lowest BCUT2D eigenvalue weighted by Crippen LogP contribution is -2.15. The summed E-state index contributed by atoms with van der Waals surface area (Å²) in [6.07, 6.45) is 6.12. The molecule has 2 aromatic rings. The Kier molecular flexibility index (Phi) is 3.45. The predicted molar refractivity (Wildman–Crippen MR) is 71.9 cm³/mol. The summed E-state index contributed by atoms with van der Waals surface area (Å²) in [5, 5.41) is 9.55. The first-order valence-electron chi connectivity index (χ1n) is 6.71. The van der Waals surface area contributed by atoms with E-state index in [1.165, 1.54) is 31.2 Å². The molecule has 2 N–H and O–H groups in total. The third kappa shape index (κ3) is 2.54. The molecule has 5 nitrogen and oxygen atoms in total.